The molecule has 0 aliphatic heterocycles. The second-order valence-electron chi connectivity index (χ2n) is 6.71. The van der Waals surface area contributed by atoms with Gasteiger partial charge in [0.25, 0.3) is 11.8 Å². The molecule has 0 bridgehead atoms. The number of halogens is 2. The molecule has 1 aromatic heterocycles. The third-order valence-corrected chi connectivity index (χ3v) is 4.49. The van der Waals surface area contributed by atoms with E-state index in [9.17, 15) is 14.0 Å². The number of amides is 2. The van der Waals surface area contributed by atoms with Crippen LogP contribution in [0.25, 0.3) is 0 Å². The van der Waals surface area contributed by atoms with Gasteiger partial charge in [-0.2, -0.15) is 0 Å². The molecule has 0 saturated heterocycles. The zero-order chi connectivity index (χ0) is 20.3. The third kappa shape index (κ3) is 4.40. The lowest BCUT2D eigenvalue weighted by molar-refractivity contribution is 0.0911. The molecule has 0 spiro atoms. The number of benzene rings is 2. The summed E-state index contributed by atoms with van der Waals surface area (Å²) < 4.78 is 18.3. The Hall–Kier alpha value is -3.12. The highest BCUT2D eigenvalue weighted by atomic mass is 35.5. The minimum atomic E-state index is -0.811. The van der Waals surface area contributed by atoms with Crippen molar-refractivity contribution in [1.82, 2.24) is 5.32 Å². The van der Waals surface area contributed by atoms with E-state index in [4.69, 9.17) is 16.0 Å². The van der Waals surface area contributed by atoms with Gasteiger partial charge < -0.3 is 15.1 Å². The van der Waals surface area contributed by atoms with E-state index in [-0.39, 0.29) is 22.6 Å². The Labute approximate surface area is 166 Å². The van der Waals surface area contributed by atoms with Crippen molar-refractivity contribution in [2.45, 2.75) is 19.4 Å². The SMILES string of the molecule is CC(C)(NC(=O)c1ccc(NC(=O)c2ccco2)cc1)c1ccc(F)cc1Cl. The largest absolute Gasteiger partial charge is 0.459 e. The topological polar surface area (TPSA) is 71.3 Å². The molecule has 0 saturated carbocycles. The quantitative estimate of drug-likeness (QED) is 0.633. The molecule has 28 heavy (non-hydrogen) atoms. The summed E-state index contributed by atoms with van der Waals surface area (Å²) in [5.74, 6) is -0.952. The molecule has 0 unspecified atom stereocenters. The summed E-state index contributed by atoms with van der Waals surface area (Å²) in [6.07, 6.45) is 1.41. The summed E-state index contributed by atoms with van der Waals surface area (Å²) in [6, 6.07) is 13.7. The van der Waals surface area contributed by atoms with Gasteiger partial charge in [-0.15, -0.1) is 0 Å². The fourth-order valence-electron chi connectivity index (χ4n) is 2.73. The van der Waals surface area contributed by atoms with Crippen LogP contribution in [0, 0.1) is 5.82 Å². The van der Waals surface area contributed by atoms with E-state index in [1.807, 2.05) is 0 Å². The average Bonchev–Trinajstić information content (AvgIpc) is 3.16. The van der Waals surface area contributed by atoms with Crippen molar-refractivity contribution in [2.75, 3.05) is 5.32 Å². The lowest BCUT2D eigenvalue weighted by Gasteiger charge is -2.28. The Morgan fingerprint density at radius 2 is 1.75 bits per heavy atom. The molecule has 3 rings (SSSR count). The number of rotatable bonds is 5. The van der Waals surface area contributed by atoms with Crippen molar-refractivity contribution >= 4 is 29.1 Å². The van der Waals surface area contributed by atoms with Crippen molar-refractivity contribution in [2.24, 2.45) is 0 Å². The van der Waals surface area contributed by atoms with E-state index in [0.29, 0.717) is 16.8 Å². The number of carbonyl (C=O) groups excluding carboxylic acids is 2. The zero-order valence-electron chi connectivity index (χ0n) is 15.3. The van der Waals surface area contributed by atoms with Crippen LogP contribution in [0.2, 0.25) is 5.02 Å². The van der Waals surface area contributed by atoms with Crippen molar-refractivity contribution in [3.8, 4) is 0 Å². The van der Waals surface area contributed by atoms with Crippen LogP contribution in [0.3, 0.4) is 0 Å². The first kappa shape index (κ1) is 19.6. The highest BCUT2D eigenvalue weighted by Gasteiger charge is 2.26. The highest BCUT2D eigenvalue weighted by Crippen LogP contribution is 2.28. The molecule has 2 aromatic carbocycles. The van der Waals surface area contributed by atoms with Gasteiger partial charge in [0.2, 0.25) is 0 Å². The van der Waals surface area contributed by atoms with Crippen molar-refractivity contribution in [1.29, 1.82) is 0 Å². The molecule has 2 N–H and O–H groups in total. The zero-order valence-corrected chi connectivity index (χ0v) is 16.0. The van der Waals surface area contributed by atoms with Crippen LogP contribution < -0.4 is 10.6 Å². The Kier molecular flexibility index (Phi) is 5.51. The first-order valence-corrected chi connectivity index (χ1v) is 8.87. The standard InChI is InChI=1S/C21H18ClFN2O3/c1-21(2,16-10-7-14(23)12-17(16)22)25-19(26)13-5-8-15(9-6-13)24-20(27)18-4-3-11-28-18/h3-12H,1-2H3,(H,24,27)(H,25,26). The Balaban J connectivity index is 1.69. The van der Waals surface area contributed by atoms with Crippen LogP contribution in [0.15, 0.2) is 65.3 Å². The van der Waals surface area contributed by atoms with Gasteiger partial charge in [-0.1, -0.05) is 17.7 Å². The molecule has 0 aliphatic carbocycles. The van der Waals surface area contributed by atoms with Crippen molar-refractivity contribution in [3.63, 3.8) is 0 Å². The Morgan fingerprint density at radius 3 is 2.36 bits per heavy atom. The molecule has 0 fully saturated rings. The van der Waals surface area contributed by atoms with Gasteiger partial charge in [0.05, 0.1) is 11.8 Å². The molecule has 144 valence electrons. The van der Waals surface area contributed by atoms with Gasteiger partial charge in [-0.25, -0.2) is 4.39 Å². The van der Waals surface area contributed by atoms with Crippen molar-refractivity contribution < 1.29 is 18.4 Å². The minimum Gasteiger partial charge on any atom is -0.459 e. The summed E-state index contributed by atoms with van der Waals surface area (Å²) in [5.41, 5.74) is 0.723. The summed E-state index contributed by atoms with van der Waals surface area (Å²) in [4.78, 5) is 24.6. The van der Waals surface area contributed by atoms with Crippen LogP contribution in [0.4, 0.5) is 10.1 Å². The summed E-state index contributed by atoms with van der Waals surface area (Å²) >= 11 is 6.12. The average molecular weight is 401 g/mol. The summed E-state index contributed by atoms with van der Waals surface area (Å²) in [6.45, 7) is 3.56. The highest BCUT2D eigenvalue weighted by molar-refractivity contribution is 6.31. The lowest BCUT2D eigenvalue weighted by Crippen LogP contribution is -2.41. The number of nitrogens with one attached hydrogen (secondary N) is 2. The Morgan fingerprint density at radius 1 is 1.04 bits per heavy atom. The van der Waals surface area contributed by atoms with Crippen LogP contribution >= 0.6 is 11.6 Å². The number of anilines is 1. The molecule has 0 atom stereocenters. The molecule has 2 amide bonds. The molecular formula is C21H18ClFN2O3. The maximum Gasteiger partial charge on any atom is 0.291 e. The normalized spacial score (nSPS) is 11.1. The van der Waals surface area contributed by atoms with Gasteiger partial charge in [0, 0.05) is 16.3 Å². The van der Waals surface area contributed by atoms with Crippen molar-refractivity contribution in [3.05, 3.63) is 88.6 Å². The van der Waals surface area contributed by atoms with Gasteiger partial charge in [0.15, 0.2) is 5.76 Å². The van der Waals surface area contributed by atoms with E-state index in [0.717, 1.165) is 0 Å². The van der Waals surface area contributed by atoms with Crippen LogP contribution in [-0.4, -0.2) is 11.8 Å². The second-order valence-corrected chi connectivity index (χ2v) is 7.12. The van der Waals surface area contributed by atoms with Crippen LogP contribution in [0.1, 0.15) is 40.3 Å². The maximum atomic E-state index is 13.3. The van der Waals surface area contributed by atoms with E-state index in [1.165, 1.54) is 18.4 Å². The molecule has 3 aromatic rings. The van der Waals surface area contributed by atoms with E-state index in [2.05, 4.69) is 10.6 Å². The van der Waals surface area contributed by atoms with E-state index in [1.54, 1.807) is 56.3 Å². The van der Waals surface area contributed by atoms with Gasteiger partial charge >= 0.3 is 0 Å². The number of furan rings is 1. The fourth-order valence-corrected chi connectivity index (χ4v) is 3.13. The first-order chi connectivity index (χ1) is 13.3. The number of carbonyl (C=O) groups is 2. The summed E-state index contributed by atoms with van der Waals surface area (Å²) in [7, 11) is 0. The van der Waals surface area contributed by atoms with E-state index < -0.39 is 11.4 Å². The molecule has 0 aliphatic rings. The summed E-state index contributed by atoms with van der Waals surface area (Å²) in [5, 5.41) is 5.80. The lowest BCUT2D eigenvalue weighted by atomic mass is 9.93. The van der Waals surface area contributed by atoms with Gasteiger partial charge in [-0.3, -0.25) is 9.59 Å². The first-order valence-electron chi connectivity index (χ1n) is 8.49. The van der Waals surface area contributed by atoms with Gasteiger partial charge in [0.1, 0.15) is 5.82 Å². The number of hydrogen-bond acceptors (Lipinski definition) is 3. The predicted octanol–water partition coefficient (Wildman–Crippen LogP) is 4.99. The van der Waals surface area contributed by atoms with Gasteiger partial charge in [-0.05, 0) is 67.9 Å². The smallest absolute Gasteiger partial charge is 0.291 e. The third-order valence-electron chi connectivity index (χ3n) is 4.18. The molecular weight excluding hydrogens is 383 g/mol. The molecule has 5 nitrogen and oxygen atoms in total. The molecule has 0 radical (unpaired) electrons. The van der Waals surface area contributed by atoms with E-state index >= 15 is 0 Å². The minimum absolute atomic E-state index is 0.194. The Bertz CT molecular complexity index is 999. The fraction of sp³-hybridized carbons (Fsp3) is 0.143. The number of hydrogen-bond donors (Lipinski definition) is 2. The van der Waals surface area contributed by atoms with Crippen LogP contribution in [0.5, 0.6) is 0 Å². The monoisotopic (exact) mass is 400 g/mol. The molecule has 1 heterocycles. The second kappa shape index (κ2) is 7.86. The predicted molar refractivity (Wildman–Crippen MR) is 105 cm³/mol. The van der Waals surface area contributed by atoms with Crippen LogP contribution in [-0.2, 0) is 5.54 Å². The molecule has 7 heteroatoms. The maximum absolute atomic E-state index is 13.3.